The van der Waals surface area contributed by atoms with Gasteiger partial charge in [0.05, 0.1) is 7.11 Å². The van der Waals surface area contributed by atoms with E-state index in [9.17, 15) is 14.4 Å². The van der Waals surface area contributed by atoms with Crippen LogP contribution in [0.2, 0.25) is 0 Å². The third-order valence-corrected chi connectivity index (χ3v) is 5.35. The molecule has 8 heteroatoms. The van der Waals surface area contributed by atoms with Gasteiger partial charge in [-0.15, -0.1) is 0 Å². The van der Waals surface area contributed by atoms with Crippen molar-refractivity contribution in [3.8, 4) is 5.75 Å². The van der Waals surface area contributed by atoms with Crippen molar-refractivity contribution < 1.29 is 19.1 Å². The number of amides is 3. The van der Waals surface area contributed by atoms with E-state index in [0.717, 1.165) is 11.3 Å². The number of likely N-dealkylation sites (tertiary alicyclic amines) is 1. The fourth-order valence-corrected chi connectivity index (χ4v) is 3.66. The van der Waals surface area contributed by atoms with E-state index in [1.807, 2.05) is 24.3 Å². The first-order valence-electron chi connectivity index (χ1n) is 10.4. The van der Waals surface area contributed by atoms with Gasteiger partial charge < -0.3 is 20.3 Å². The highest BCUT2D eigenvalue weighted by atomic mass is 16.5. The molecule has 0 bridgehead atoms. The van der Waals surface area contributed by atoms with Gasteiger partial charge in [-0.1, -0.05) is 12.1 Å². The van der Waals surface area contributed by atoms with Gasteiger partial charge in [0, 0.05) is 50.4 Å². The van der Waals surface area contributed by atoms with Crippen LogP contribution in [0, 0.1) is 0 Å². The smallest absolute Gasteiger partial charge is 0.253 e. The summed E-state index contributed by atoms with van der Waals surface area (Å²) in [6, 6.07) is 10.1. The van der Waals surface area contributed by atoms with Gasteiger partial charge in [-0.25, -0.2) is 0 Å². The number of nitrogens with zero attached hydrogens (tertiary/aromatic N) is 2. The standard InChI is InChI=1S/C23H28N4O4/c1-16(28)25-21(15-17-3-5-20(31-2)6-4-17)22(29)26-19-9-13-27(14-10-19)23(30)18-7-11-24-12-8-18/h3-8,11-12,19,21H,9-10,13-15H2,1-2H3,(H,25,28)(H,26,29). The molecule has 1 fully saturated rings. The molecule has 1 aliphatic rings. The fraction of sp³-hybridized carbons (Fsp3) is 0.391. The molecule has 1 unspecified atom stereocenters. The summed E-state index contributed by atoms with van der Waals surface area (Å²) >= 11 is 0. The van der Waals surface area contributed by atoms with Crippen molar-refractivity contribution in [3.05, 3.63) is 59.9 Å². The van der Waals surface area contributed by atoms with Crippen LogP contribution in [-0.2, 0) is 16.0 Å². The zero-order valence-electron chi connectivity index (χ0n) is 17.8. The first-order chi connectivity index (χ1) is 15.0. The molecule has 31 heavy (non-hydrogen) atoms. The van der Waals surface area contributed by atoms with Gasteiger partial charge in [-0.05, 0) is 42.7 Å². The van der Waals surface area contributed by atoms with Crippen molar-refractivity contribution in [2.75, 3.05) is 20.2 Å². The van der Waals surface area contributed by atoms with Crippen LogP contribution >= 0.6 is 0 Å². The van der Waals surface area contributed by atoms with Crippen LogP contribution in [0.15, 0.2) is 48.8 Å². The fourth-order valence-electron chi connectivity index (χ4n) is 3.66. The summed E-state index contributed by atoms with van der Waals surface area (Å²) in [4.78, 5) is 42.8. The van der Waals surface area contributed by atoms with Crippen LogP contribution in [0.1, 0.15) is 35.7 Å². The predicted molar refractivity (Wildman–Crippen MR) is 116 cm³/mol. The van der Waals surface area contributed by atoms with E-state index in [0.29, 0.717) is 37.9 Å². The Bertz CT molecular complexity index is 894. The number of aromatic nitrogens is 1. The van der Waals surface area contributed by atoms with E-state index < -0.39 is 6.04 Å². The zero-order chi connectivity index (χ0) is 22.2. The van der Waals surface area contributed by atoms with Gasteiger partial charge >= 0.3 is 0 Å². The predicted octanol–water partition coefficient (Wildman–Crippen LogP) is 1.56. The van der Waals surface area contributed by atoms with E-state index in [-0.39, 0.29) is 23.8 Å². The van der Waals surface area contributed by atoms with Crippen molar-refractivity contribution in [1.29, 1.82) is 0 Å². The molecule has 2 heterocycles. The Morgan fingerprint density at radius 3 is 2.32 bits per heavy atom. The van der Waals surface area contributed by atoms with Crippen LogP contribution in [0.4, 0.5) is 0 Å². The van der Waals surface area contributed by atoms with Crippen molar-refractivity contribution in [2.45, 2.75) is 38.3 Å². The van der Waals surface area contributed by atoms with Gasteiger partial charge in [-0.2, -0.15) is 0 Å². The summed E-state index contributed by atoms with van der Waals surface area (Å²) in [5.74, 6) is 0.233. The Hall–Kier alpha value is -3.42. The number of benzene rings is 1. The minimum absolute atomic E-state index is 0.0252. The summed E-state index contributed by atoms with van der Waals surface area (Å²) in [5, 5.41) is 5.78. The molecule has 0 spiro atoms. The lowest BCUT2D eigenvalue weighted by Crippen LogP contribution is -2.53. The number of rotatable bonds is 7. The normalized spacial score (nSPS) is 15.1. The summed E-state index contributed by atoms with van der Waals surface area (Å²) in [7, 11) is 1.60. The highest BCUT2D eigenvalue weighted by Crippen LogP contribution is 2.15. The monoisotopic (exact) mass is 424 g/mol. The second kappa shape index (κ2) is 10.6. The number of pyridine rings is 1. The van der Waals surface area contributed by atoms with Crippen LogP contribution in [-0.4, -0.2) is 59.9 Å². The minimum Gasteiger partial charge on any atom is -0.497 e. The molecule has 3 amide bonds. The first kappa shape index (κ1) is 22.3. The number of carbonyl (C=O) groups excluding carboxylic acids is 3. The molecule has 0 aliphatic carbocycles. The maximum atomic E-state index is 12.9. The molecule has 2 aromatic rings. The molecular formula is C23H28N4O4. The minimum atomic E-state index is -0.664. The Labute approximate surface area is 182 Å². The molecule has 2 N–H and O–H groups in total. The number of ether oxygens (including phenoxy) is 1. The average Bonchev–Trinajstić information content (AvgIpc) is 2.79. The first-order valence-corrected chi connectivity index (χ1v) is 10.4. The van der Waals surface area contributed by atoms with Crippen molar-refractivity contribution in [2.24, 2.45) is 0 Å². The van der Waals surface area contributed by atoms with E-state index >= 15 is 0 Å². The van der Waals surface area contributed by atoms with Crippen LogP contribution < -0.4 is 15.4 Å². The number of hydrogen-bond donors (Lipinski definition) is 2. The Morgan fingerprint density at radius 2 is 1.74 bits per heavy atom. The molecule has 164 valence electrons. The summed E-state index contributed by atoms with van der Waals surface area (Å²) < 4.78 is 5.16. The number of carbonyl (C=O) groups is 3. The van der Waals surface area contributed by atoms with Gasteiger partial charge in [0.25, 0.3) is 5.91 Å². The van der Waals surface area contributed by atoms with Crippen molar-refractivity contribution >= 4 is 17.7 Å². The lowest BCUT2D eigenvalue weighted by molar-refractivity contribution is -0.128. The van der Waals surface area contributed by atoms with Crippen LogP contribution in [0.25, 0.3) is 0 Å². The molecule has 8 nitrogen and oxygen atoms in total. The lowest BCUT2D eigenvalue weighted by atomic mass is 10.0. The number of nitrogens with one attached hydrogen (secondary N) is 2. The Balaban J connectivity index is 1.55. The third kappa shape index (κ3) is 6.28. The number of methoxy groups -OCH3 is 1. The number of hydrogen-bond acceptors (Lipinski definition) is 5. The van der Waals surface area contributed by atoms with Gasteiger partial charge in [-0.3, -0.25) is 19.4 Å². The van der Waals surface area contributed by atoms with Crippen molar-refractivity contribution in [1.82, 2.24) is 20.5 Å². The quantitative estimate of drug-likeness (QED) is 0.703. The molecule has 1 aliphatic heterocycles. The van der Waals surface area contributed by atoms with Gasteiger partial charge in [0.1, 0.15) is 11.8 Å². The highest BCUT2D eigenvalue weighted by Gasteiger charge is 2.27. The van der Waals surface area contributed by atoms with Gasteiger partial charge in [0.15, 0.2) is 0 Å². The second-order valence-corrected chi connectivity index (χ2v) is 7.62. The highest BCUT2D eigenvalue weighted by molar-refractivity contribution is 5.94. The molecule has 1 aromatic carbocycles. The molecule has 3 rings (SSSR count). The topological polar surface area (TPSA) is 101 Å². The maximum absolute atomic E-state index is 12.9. The van der Waals surface area contributed by atoms with Crippen LogP contribution in [0.3, 0.4) is 0 Å². The van der Waals surface area contributed by atoms with Gasteiger partial charge in [0.2, 0.25) is 11.8 Å². The zero-order valence-corrected chi connectivity index (χ0v) is 17.8. The summed E-state index contributed by atoms with van der Waals surface area (Å²) in [5.41, 5.74) is 1.54. The summed E-state index contributed by atoms with van der Waals surface area (Å²) in [6.07, 6.45) is 4.92. The molecule has 0 saturated carbocycles. The maximum Gasteiger partial charge on any atom is 0.253 e. The van der Waals surface area contributed by atoms with E-state index in [1.165, 1.54) is 6.92 Å². The number of piperidine rings is 1. The molecular weight excluding hydrogens is 396 g/mol. The largest absolute Gasteiger partial charge is 0.497 e. The molecule has 1 atom stereocenters. The molecule has 0 radical (unpaired) electrons. The van der Waals surface area contributed by atoms with E-state index in [2.05, 4.69) is 15.6 Å². The van der Waals surface area contributed by atoms with E-state index in [4.69, 9.17) is 4.74 Å². The third-order valence-electron chi connectivity index (χ3n) is 5.35. The molecule has 1 saturated heterocycles. The molecule has 1 aromatic heterocycles. The van der Waals surface area contributed by atoms with E-state index in [1.54, 1.807) is 36.5 Å². The Kier molecular flexibility index (Phi) is 7.59. The Morgan fingerprint density at radius 1 is 1.10 bits per heavy atom. The SMILES string of the molecule is COc1ccc(CC(NC(C)=O)C(=O)NC2CCN(C(=O)c3ccncc3)CC2)cc1. The van der Waals surface area contributed by atoms with Crippen molar-refractivity contribution in [3.63, 3.8) is 0 Å². The van der Waals surface area contributed by atoms with Crippen LogP contribution in [0.5, 0.6) is 5.75 Å². The summed E-state index contributed by atoms with van der Waals surface area (Å²) in [6.45, 7) is 2.53. The lowest BCUT2D eigenvalue weighted by Gasteiger charge is -2.33. The average molecular weight is 425 g/mol. The second-order valence-electron chi connectivity index (χ2n) is 7.62.